The van der Waals surface area contributed by atoms with E-state index in [2.05, 4.69) is 60.0 Å². The van der Waals surface area contributed by atoms with Crippen molar-refractivity contribution in [3.63, 3.8) is 0 Å². The quantitative estimate of drug-likeness (QED) is 0.829. The van der Waals surface area contributed by atoms with Crippen molar-refractivity contribution in [3.05, 3.63) is 32.9 Å². The van der Waals surface area contributed by atoms with Crippen LogP contribution in [0.15, 0.2) is 18.2 Å². The zero-order chi connectivity index (χ0) is 13.0. The minimum Gasteiger partial charge on any atom is -0.381 e. The summed E-state index contributed by atoms with van der Waals surface area (Å²) in [5.41, 5.74) is 2.81. The van der Waals surface area contributed by atoms with Crippen LogP contribution in [0.1, 0.15) is 36.9 Å². The number of aryl methyl sites for hydroxylation is 1. The van der Waals surface area contributed by atoms with E-state index in [0.29, 0.717) is 12.0 Å². The molecule has 18 heavy (non-hydrogen) atoms. The average Bonchev–Trinajstić information content (AvgIpc) is 2.41. The predicted molar refractivity (Wildman–Crippen MR) is 83.9 cm³/mol. The van der Waals surface area contributed by atoms with E-state index in [4.69, 9.17) is 4.74 Å². The molecule has 1 aliphatic rings. The standard InChI is InChI=1S/C15H22INO/c1-3-17-15(12-7-5-9-18-10-12)13-8-4-6-11(2)14(13)16/h4,6,8,12,15,17H,3,5,7,9-10H2,1-2H3. The lowest BCUT2D eigenvalue weighted by Gasteiger charge is -2.32. The molecule has 2 unspecified atom stereocenters. The van der Waals surface area contributed by atoms with Gasteiger partial charge in [0.1, 0.15) is 0 Å². The summed E-state index contributed by atoms with van der Waals surface area (Å²) in [5.74, 6) is 0.606. The number of benzene rings is 1. The minimum absolute atomic E-state index is 0.432. The van der Waals surface area contributed by atoms with Crippen LogP contribution < -0.4 is 5.32 Å². The Bertz CT molecular complexity index is 388. The van der Waals surface area contributed by atoms with Crippen LogP contribution in [0.3, 0.4) is 0 Å². The van der Waals surface area contributed by atoms with Crippen LogP contribution in [0.2, 0.25) is 0 Å². The second-order valence-electron chi connectivity index (χ2n) is 4.99. The molecule has 1 N–H and O–H groups in total. The molecular formula is C15H22INO. The largest absolute Gasteiger partial charge is 0.381 e. The molecule has 1 aromatic rings. The maximum atomic E-state index is 5.66. The van der Waals surface area contributed by atoms with Crippen LogP contribution in [-0.4, -0.2) is 19.8 Å². The first-order valence-electron chi connectivity index (χ1n) is 6.80. The summed E-state index contributed by atoms with van der Waals surface area (Å²) in [6.45, 7) is 7.19. The fourth-order valence-corrected chi connectivity index (χ4v) is 3.38. The first kappa shape index (κ1) is 14.3. The molecule has 0 aliphatic carbocycles. The van der Waals surface area contributed by atoms with Crippen molar-refractivity contribution in [2.75, 3.05) is 19.8 Å². The van der Waals surface area contributed by atoms with E-state index in [1.54, 1.807) is 0 Å². The first-order chi connectivity index (χ1) is 8.74. The molecule has 1 fully saturated rings. The topological polar surface area (TPSA) is 21.3 Å². The van der Waals surface area contributed by atoms with E-state index in [1.807, 2.05) is 0 Å². The molecule has 1 aliphatic heterocycles. The summed E-state index contributed by atoms with van der Waals surface area (Å²) in [4.78, 5) is 0. The molecule has 1 saturated heterocycles. The van der Waals surface area contributed by atoms with Crippen molar-refractivity contribution in [1.29, 1.82) is 0 Å². The molecule has 2 atom stereocenters. The summed E-state index contributed by atoms with van der Waals surface area (Å²) < 4.78 is 7.05. The van der Waals surface area contributed by atoms with Gasteiger partial charge in [0.25, 0.3) is 0 Å². The Kier molecular flexibility index (Phi) is 5.45. The molecule has 0 radical (unpaired) electrons. The number of halogens is 1. The molecule has 0 spiro atoms. The lowest BCUT2D eigenvalue weighted by Crippen LogP contribution is -2.34. The third-order valence-electron chi connectivity index (χ3n) is 3.65. The molecule has 0 amide bonds. The van der Waals surface area contributed by atoms with Crippen molar-refractivity contribution in [3.8, 4) is 0 Å². The summed E-state index contributed by atoms with van der Waals surface area (Å²) >= 11 is 2.48. The molecule has 100 valence electrons. The average molecular weight is 359 g/mol. The second kappa shape index (κ2) is 6.87. The molecule has 0 bridgehead atoms. The van der Waals surface area contributed by atoms with Gasteiger partial charge >= 0.3 is 0 Å². The smallest absolute Gasteiger partial charge is 0.0512 e. The lowest BCUT2D eigenvalue weighted by molar-refractivity contribution is 0.0391. The van der Waals surface area contributed by atoms with Gasteiger partial charge in [-0.3, -0.25) is 0 Å². The summed E-state index contributed by atoms with van der Waals surface area (Å²) in [6.07, 6.45) is 2.46. The molecule has 2 nitrogen and oxygen atoms in total. The van der Waals surface area contributed by atoms with E-state index >= 15 is 0 Å². The van der Waals surface area contributed by atoms with E-state index in [9.17, 15) is 0 Å². The third kappa shape index (κ3) is 3.25. The summed E-state index contributed by atoms with van der Waals surface area (Å²) in [6, 6.07) is 7.05. The van der Waals surface area contributed by atoms with Gasteiger partial charge in [0.2, 0.25) is 0 Å². The normalized spacial score (nSPS) is 21.8. The van der Waals surface area contributed by atoms with Crippen molar-refractivity contribution >= 4 is 22.6 Å². The van der Waals surface area contributed by atoms with Crippen LogP contribution in [-0.2, 0) is 4.74 Å². The predicted octanol–water partition coefficient (Wildman–Crippen LogP) is 3.68. The fraction of sp³-hybridized carbons (Fsp3) is 0.600. The zero-order valence-electron chi connectivity index (χ0n) is 11.2. The Morgan fingerprint density at radius 3 is 3.00 bits per heavy atom. The van der Waals surface area contributed by atoms with Gasteiger partial charge in [0.15, 0.2) is 0 Å². The maximum Gasteiger partial charge on any atom is 0.0512 e. The molecule has 1 heterocycles. The van der Waals surface area contributed by atoms with E-state index in [-0.39, 0.29) is 0 Å². The van der Waals surface area contributed by atoms with Gasteiger partial charge in [-0.1, -0.05) is 25.1 Å². The number of nitrogens with one attached hydrogen (secondary N) is 1. The number of hydrogen-bond acceptors (Lipinski definition) is 2. The number of rotatable bonds is 4. The number of ether oxygens (including phenoxy) is 1. The minimum atomic E-state index is 0.432. The first-order valence-corrected chi connectivity index (χ1v) is 7.88. The van der Waals surface area contributed by atoms with Gasteiger partial charge in [0.05, 0.1) is 6.61 Å². The highest BCUT2D eigenvalue weighted by atomic mass is 127. The van der Waals surface area contributed by atoms with Gasteiger partial charge in [-0.2, -0.15) is 0 Å². The van der Waals surface area contributed by atoms with Gasteiger partial charge in [-0.15, -0.1) is 0 Å². The van der Waals surface area contributed by atoms with Crippen molar-refractivity contribution < 1.29 is 4.74 Å². The fourth-order valence-electron chi connectivity index (χ4n) is 2.69. The Hall–Kier alpha value is -0.130. The van der Waals surface area contributed by atoms with Crippen LogP contribution in [0.5, 0.6) is 0 Å². The van der Waals surface area contributed by atoms with Crippen LogP contribution in [0.25, 0.3) is 0 Å². The Labute approximate surface area is 124 Å². The highest BCUT2D eigenvalue weighted by Crippen LogP contribution is 2.32. The molecular weight excluding hydrogens is 337 g/mol. The van der Waals surface area contributed by atoms with Gasteiger partial charge in [-0.05, 0) is 60.0 Å². The highest BCUT2D eigenvalue weighted by molar-refractivity contribution is 14.1. The Morgan fingerprint density at radius 2 is 2.33 bits per heavy atom. The molecule has 2 rings (SSSR count). The lowest BCUT2D eigenvalue weighted by atomic mass is 9.88. The highest BCUT2D eigenvalue weighted by Gasteiger charge is 2.26. The van der Waals surface area contributed by atoms with Crippen LogP contribution >= 0.6 is 22.6 Å². The molecule has 3 heteroatoms. The second-order valence-corrected chi connectivity index (χ2v) is 6.07. The van der Waals surface area contributed by atoms with Crippen molar-refractivity contribution in [2.45, 2.75) is 32.7 Å². The zero-order valence-corrected chi connectivity index (χ0v) is 13.4. The van der Waals surface area contributed by atoms with E-state index in [1.165, 1.54) is 27.5 Å². The van der Waals surface area contributed by atoms with Gasteiger partial charge in [0, 0.05) is 22.1 Å². The van der Waals surface area contributed by atoms with Gasteiger partial charge < -0.3 is 10.1 Å². The Balaban J connectivity index is 2.25. The molecule has 0 aromatic heterocycles. The monoisotopic (exact) mass is 359 g/mol. The Morgan fingerprint density at radius 1 is 1.50 bits per heavy atom. The van der Waals surface area contributed by atoms with Gasteiger partial charge in [-0.25, -0.2) is 0 Å². The van der Waals surface area contributed by atoms with Crippen LogP contribution in [0.4, 0.5) is 0 Å². The summed E-state index contributed by atoms with van der Waals surface area (Å²) in [5, 5.41) is 3.65. The number of hydrogen-bond donors (Lipinski definition) is 1. The van der Waals surface area contributed by atoms with E-state index < -0.39 is 0 Å². The van der Waals surface area contributed by atoms with E-state index in [0.717, 1.165) is 19.8 Å². The van der Waals surface area contributed by atoms with Crippen molar-refractivity contribution in [1.82, 2.24) is 5.32 Å². The third-order valence-corrected chi connectivity index (χ3v) is 5.12. The van der Waals surface area contributed by atoms with Crippen molar-refractivity contribution in [2.24, 2.45) is 5.92 Å². The molecule has 0 saturated carbocycles. The maximum absolute atomic E-state index is 5.66. The molecule has 1 aromatic carbocycles. The summed E-state index contributed by atoms with van der Waals surface area (Å²) in [7, 11) is 0. The van der Waals surface area contributed by atoms with Crippen LogP contribution in [0, 0.1) is 16.4 Å². The SMILES string of the molecule is CCNC(c1cccc(C)c1I)C1CCCOC1.